The molecule has 0 bridgehead atoms. The van der Waals surface area contributed by atoms with Crippen molar-refractivity contribution in [1.82, 2.24) is 5.32 Å². The average molecular weight is 435 g/mol. The number of urea groups is 1. The van der Waals surface area contributed by atoms with Crippen LogP contribution < -0.4 is 24.6 Å². The predicted molar refractivity (Wildman–Crippen MR) is 121 cm³/mol. The van der Waals surface area contributed by atoms with Gasteiger partial charge in [0.25, 0.3) is 11.8 Å². The molecule has 8 nitrogen and oxygen atoms in total. The van der Waals surface area contributed by atoms with Gasteiger partial charge in [-0.3, -0.25) is 14.9 Å². The predicted octanol–water partition coefficient (Wildman–Crippen LogP) is 3.36. The van der Waals surface area contributed by atoms with E-state index in [4.69, 9.17) is 9.47 Å². The molecule has 2 aromatic rings. The molecule has 4 rings (SSSR count). The summed E-state index contributed by atoms with van der Waals surface area (Å²) in [5.41, 5.74) is 1.80. The van der Waals surface area contributed by atoms with Crippen molar-refractivity contribution < 1.29 is 23.9 Å². The first-order valence-corrected chi connectivity index (χ1v) is 10.5. The number of rotatable bonds is 5. The summed E-state index contributed by atoms with van der Waals surface area (Å²) in [6, 6.07) is 11.3. The van der Waals surface area contributed by atoms with E-state index >= 15 is 0 Å². The van der Waals surface area contributed by atoms with Crippen LogP contribution in [0.4, 0.5) is 16.2 Å². The fourth-order valence-electron chi connectivity index (χ4n) is 3.95. The van der Waals surface area contributed by atoms with E-state index in [0.717, 1.165) is 36.5 Å². The maximum atomic E-state index is 13.1. The summed E-state index contributed by atoms with van der Waals surface area (Å²) in [6.07, 6.45) is 4.99. The topological polar surface area (TPSA) is 88.2 Å². The molecule has 166 valence electrons. The number of piperidine rings is 1. The summed E-state index contributed by atoms with van der Waals surface area (Å²) in [5, 5.41) is 2.24. The fourth-order valence-corrected chi connectivity index (χ4v) is 3.95. The van der Waals surface area contributed by atoms with Crippen molar-refractivity contribution in [2.45, 2.75) is 19.3 Å². The molecule has 2 heterocycles. The van der Waals surface area contributed by atoms with Crippen molar-refractivity contribution >= 4 is 35.3 Å². The largest absolute Gasteiger partial charge is 0.497 e. The third-order valence-corrected chi connectivity index (χ3v) is 5.67. The highest BCUT2D eigenvalue weighted by molar-refractivity contribution is 6.39. The maximum Gasteiger partial charge on any atom is 0.335 e. The summed E-state index contributed by atoms with van der Waals surface area (Å²) in [7, 11) is 3.07. The van der Waals surface area contributed by atoms with Crippen LogP contribution in [0.2, 0.25) is 0 Å². The van der Waals surface area contributed by atoms with Crippen molar-refractivity contribution in [3.63, 3.8) is 0 Å². The van der Waals surface area contributed by atoms with Crippen molar-refractivity contribution in [2.75, 3.05) is 37.1 Å². The third kappa shape index (κ3) is 4.16. The summed E-state index contributed by atoms with van der Waals surface area (Å²) >= 11 is 0. The quantitative estimate of drug-likeness (QED) is 0.572. The van der Waals surface area contributed by atoms with Crippen LogP contribution in [-0.2, 0) is 9.59 Å². The van der Waals surface area contributed by atoms with Crippen LogP contribution in [-0.4, -0.2) is 45.2 Å². The van der Waals surface area contributed by atoms with Crippen LogP contribution in [0.15, 0.2) is 48.0 Å². The molecule has 0 aromatic heterocycles. The molecule has 0 unspecified atom stereocenters. The van der Waals surface area contributed by atoms with Gasteiger partial charge in [0, 0.05) is 30.4 Å². The van der Waals surface area contributed by atoms with Crippen LogP contribution >= 0.6 is 0 Å². The lowest BCUT2D eigenvalue weighted by Crippen LogP contribution is -2.54. The number of hydrogen-bond donors (Lipinski definition) is 1. The number of barbiturate groups is 1. The van der Waals surface area contributed by atoms with E-state index in [1.54, 1.807) is 31.4 Å². The Labute approximate surface area is 186 Å². The average Bonchev–Trinajstić information content (AvgIpc) is 2.82. The number of imide groups is 2. The lowest BCUT2D eigenvalue weighted by Gasteiger charge is -2.29. The van der Waals surface area contributed by atoms with Crippen molar-refractivity contribution in [1.29, 1.82) is 0 Å². The highest BCUT2D eigenvalue weighted by Crippen LogP contribution is 2.30. The van der Waals surface area contributed by atoms with Crippen LogP contribution in [0.25, 0.3) is 6.08 Å². The standard InChI is InChI=1S/C24H25N3O5/c1-31-19-10-8-17(9-11-19)27-23(29)20(22(28)25-24(27)30)14-16-6-7-18(15-21(16)32-2)26-12-4-3-5-13-26/h6-11,14-15H,3-5,12-13H2,1-2H3,(H,25,28,30)/b20-14+. The minimum absolute atomic E-state index is 0.149. The van der Waals surface area contributed by atoms with E-state index in [0.29, 0.717) is 22.7 Å². The van der Waals surface area contributed by atoms with Crippen molar-refractivity contribution in [3.8, 4) is 11.5 Å². The molecule has 0 atom stereocenters. The van der Waals surface area contributed by atoms with E-state index < -0.39 is 17.8 Å². The molecule has 0 radical (unpaired) electrons. The monoisotopic (exact) mass is 435 g/mol. The lowest BCUT2D eigenvalue weighted by atomic mass is 10.0. The number of hydrogen-bond acceptors (Lipinski definition) is 6. The Morgan fingerprint density at radius 1 is 0.875 bits per heavy atom. The highest BCUT2D eigenvalue weighted by Gasteiger charge is 2.37. The van der Waals surface area contributed by atoms with Crippen LogP contribution in [0.3, 0.4) is 0 Å². The van der Waals surface area contributed by atoms with Crippen LogP contribution in [0.1, 0.15) is 24.8 Å². The van der Waals surface area contributed by atoms with Gasteiger partial charge >= 0.3 is 6.03 Å². The van der Waals surface area contributed by atoms with Crippen molar-refractivity contribution in [2.24, 2.45) is 0 Å². The molecular formula is C24H25N3O5. The molecule has 1 N–H and O–H groups in total. The smallest absolute Gasteiger partial charge is 0.335 e. The van der Waals surface area contributed by atoms with E-state index in [1.165, 1.54) is 19.6 Å². The third-order valence-electron chi connectivity index (χ3n) is 5.67. The molecule has 0 spiro atoms. The number of anilines is 2. The Bertz CT molecular complexity index is 1070. The number of carbonyl (C=O) groups is 3. The zero-order valence-electron chi connectivity index (χ0n) is 18.1. The van der Waals surface area contributed by atoms with Gasteiger partial charge in [0.2, 0.25) is 0 Å². The minimum atomic E-state index is -0.797. The van der Waals surface area contributed by atoms with Gasteiger partial charge in [-0.15, -0.1) is 0 Å². The van der Waals surface area contributed by atoms with E-state index in [-0.39, 0.29) is 5.57 Å². The number of carbonyl (C=O) groups excluding carboxylic acids is 3. The molecule has 2 aliphatic rings. The Morgan fingerprint density at radius 3 is 2.22 bits per heavy atom. The number of ether oxygens (including phenoxy) is 2. The number of amides is 4. The summed E-state index contributed by atoms with van der Waals surface area (Å²) < 4.78 is 10.7. The van der Waals surface area contributed by atoms with Gasteiger partial charge in [0.15, 0.2) is 0 Å². The molecule has 4 amide bonds. The number of nitrogens with zero attached hydrogens (tertiary/aromatic N) is 2. The first kappa shape index (κ1) is 21.4. The van der Waals surface area contributed by atoms with Gasteiger partial charge in [-0.2, -0.15) is 0 Å². The normalized spacial score (nSPS) is 18.1. The maximum absolute atomic E-state index is 13.1. The Kier molecular flexibility index (Phi) is 6.11. The minimum Gasteiger partial charge on any atom is -0.497 e. The molecule has 2 aliphatic heterocycles. The fraction of sp³-hybridized carbons (Fsp3) is 0.292. The number of methoxy groups -OCH3 is 2. The van der Waals surface area contributed by atoms with Gasteiger partial charge in [-0.1, -0.05) is 0 Å². The molecular weight excluding hydrogens is 410 g/mol. The highest BCUT2D eigenvalue weighted by atomic mass is 16.5. The van der Waals surface area contributed by atoms with E-state index in [2.05, 4.69) is 10.2 Å². The Balaban J connectivity index is 1.66. The summed E-state index contributed by atoms with van der Waals surface area (Å²) in [4.78, 5) is 41.2. The second-order valence-corrected chi connectivity index (χ2v) is 7.63. The molecule has 2 fully saturated rings. The Hall–Kier alpha value is -3.81. The second kappa shape index (κ2) is 9.13. The first-order valence-electron chi connectivity index (χ1n) is 10.5. The van der Waals surface area contributed by atoms with Gasteiger partial charge < -0.3 is 14.4 Å². The molecule has 2 aromatic carbocycles. The molecule has 2 saturated heterocycles. The van der Waals surface area contributed by atoms with E-state index in [1.807, 2.05) is 18.2 Å². The summed E-state index contributed by atoms with van der Waals surface area (Å²) in [5.74, 6) is -0.309. The number of benzene rings is 2. The molecule has 32 heavy (non-hydrogen) atoms. The van der Waals surface area contributed by atoms with Gasteiger partial charge in [-0.25, -0.2) is 9.69 Å². The van der Waals surface area contributed by atoms with E-state index in [9.17, 15) is 14.4 Å². The number of nitrogens with one attached hydrogen (secondary N) is 1. The molecule has 8 heteroatoms. The summed E-state index contributed by atoms with van der Waals surface area (Å²) in [6.45, 7) is 1.98. The van der Waals surface area contributed by atoms with Gasteiger partial charge in [-0.05, 0) is 61.7 Å². The SMILES string of the molecule is COc1ccc(N2C(=O)NC(=O)/C(=C\c3ccc(N4CCCCC4)cc3OC)C2=O)cc1. The van der Waals surface area contributed by atoms with Gasteiger partial charge in [0.05, 0.1) is 19.9 Å². The Morgan fingerprint density at radius 2 is 1.56 bits per heavy atom. The molecule has 0 aliphatic carbocycles. The van der Waals surface area contributed by atoms with Gasteiger partial charge in [0.1, 0.15) is 17.1 Å². The first-order chi connectivity index (χ1) is 15.5. The van der Waals surface area contributed by atoms with Crippen molar-refractivity contribution in [3.05, 3.63) is 53.6 Å². The van der Waals surface area contributed by atoms with Crippen LogP contribution in [0, 0.1) is 0 Å². The molecule has 0 saturated carbocycles. The lowest BCUT2D eigenvalue weighted by molar-refractivity contribution is -0.122. The second-order valence-electron chi connectivity index (χ2n) is 7.63. The van der Waals surface area contributed by atoms with Crippen LogP contribution in [0.5, 0.6) is 11.5 Å². The zero-order chi connectivity index (χ0) is 22.7. The zero-order valence-corrected chi connectivity index (χ0v) is 18.1.